The van der Waals surface area contributed by atoms with Crippen LogP contribution in [-0.4, -0.2) is 39.6 Å². The van der Waals surface area contributed by atoms with Gasteiger partial charge in [-0.05, 0) is 22.0 Å². The van der Waals surface area contributed by atoms with Gasteiger partial charge in [0, 0.05) is 20.3 Å². The molecule has 2 rings (SSSR count). The highest BCUT2D eigenvalue weighted by Crippen LogP contribution is 2.36. The SMILES string of the molecule is COC(CN1C(=O)COc2cc(Br)c(F)cc21)OC. The number of benzene rings is 1. The zero-order chi connectivity index (χ0) is 14.0. The number of anilines is 1. The highest BCUT2D eigenvalue weighted by Gasteiger charge is 2.29. The fourth-order valence-corrected chi connectivity index (χ4v) is 2.11. The molecule has 0 bridgehead atoms. The van der Waals surface area contributed by atoms with Crippen molar-refractivity contribution in [3.63, 3.8) is 0 Å². The topological polar surface area (TPSA) is 48.0 Å². The number of halogens is 2. The standard InChI is InChI=1S/C12H13BrFNO4/c1-17-12(18-2)5-15-9-4-8(14)7(13)3-10(9)19-6-11(15)16/h3-4,12H,5-6H2,1-2H3. The molecule has 0 saturated heterocycles. The third kappa shape index (κ3) is 2.88. The van der Waals surface area contributed by atoms with Crippen LogP contribution in [0.3, 0.4) is 0 Å². The molecule has 5 nitrogen and oxygen atoms in total. The average molecular weight is 334 g/mol. The van der Waals surface area contributed by atoms with Crippen LogP contribution in [0.1, 0.15) is 0 Å². The Hall–Kier alpha value is -1.18. The summed E-state index contributed by atoms with van der Waals surface area (Å²) in [6.45, 7) is 0.0779. The minimum atomic E-state index is -0.582. The van der Waals surface area contributed by atoms with Crippen LogP contribution < -0.4 is 9.64 Å². The molecule has 7 heteroatoms. The normalized spacial score (nSPS) is 14.6. The summed E-state index contributed by atoms with van der Waals surface area (Å²) >= 11 is 3.08. The van der Waals surface area contributed by atoms with Gasteiger partial charge in [0.1, 0.15) is 11.6 Å². The van der Waals surface area contributed by atoms with Gasteiger partial charge >= 0.3 is 0 Å². The van der Waals surface area contributed by atoms with Crippen molar-refractivity contribution in [2.45, 2.75) is 6.29 Å². The van der Waals surface area contributed by atoms with Crippen molar-refractivity contribution in [2.24, 2.45) is 0 Å². The van der Waals surface area contributed by atoms with E-state index in [1.54, 1.807) is 0 Å². The molecule has 0 fully saturated rings. The van der Waals surface area contributed by atoms with Gasteiger partial charge in [0.2, 0.25) is 0 Å². The van der Waals surface area contributed by atoms with Crippen molar-refractivity contribution < 1.29 is 23.4 Å². The van der Waals surface area contributed by atoms with E-state index < -0.39 is 12.1 Å². The lowest BCUT2D eigenvalue weighted by molar-refractivity contribution is -0.125. The first-order chi connectivity index (χ1) is 9.06. The van der Waals surface area contributed by atoms with Crippen molar-refractivity contribution in [2.75, 3.05) is 32.3 Å². The number of carbonyl (C=O) groups is 1. The molecule has 0 saturated carbocycles. The number of carbonyl (C=O) groups excluding carboxylic acids is 1. The van der Waals surface area contributed by atoms with E-state index in [1.807, 2.05) is 0 Å². The summed E-state index contributed by atoms with van der Waals surface area (Å²) in [5.41, 5.74) is 0.371. The lowest BCUT2D eigenvalue weighted by atomic mass is 10.2. The van der Waals surface area contributed by atoms with Crippen LogP contribution in [0.2, 0.25) is 0 Å². The lowest BCUT2D eigenvalue weighted by Gasteiger charge is -2.31. The maximum atomic E-state index is 13.6. The fourth-order valence-electron chi connectivity index (χ4n) is 1.79. The third-order valence-corrected chi connectivity index (χ3v) is 3.41. The van der Waals surface area contributed by atoms with E-state index in [2.05, 4.69) is 15.9 Å². The number of nitrogens with zero attached hydrogens (tertiary/aromatic N) is 1. The number of hydrogen-bond donors (Lipinski definition) is 0. The molecule has 0 atom stereocenters. The molecule has 1 aliphatic rings. The van der Waals surface area contributed by atoms with Gasteiger partial charge in [-0.1, -0.05) is 0 Å². The smallest absolute Gasteiger partial charge is 0.265 e. The van der Waals surface area contributed by atoms with Crippen LogP contribution in [0.4, 0.5) is 10.1 Å². The van der Waals surface area contributed by atoms with Crippen LogP contribution in [0.25, 0.3) is 0 Å². The first-order valence-corrected chi connectivity index (χ1v) is 6.34. The number of ether oxygens (including phenoxy) is 3. The second-order valence-electron chi connectivity index (χ2n) is 3.93. The second-order valence-corrected chi connectivity index (χ2v) is 4.78. The van der Waals surface area contributed by atoms with E-state index in [4.69, 9.17) is 14.2 Å². The lowest BCUT2D eigenvalue weighted by Crippen LogP contribution is -2.44. The third-order valence-electron chi connectivity index (χ3n) is 2.80. The number of fused-ring (bicyclic) bond motifs is 1. The maximum Gasteiger partial charge on any atom is 0.265 e. The molecule has 19 heavy (non-hydrogen) atoms. The Balaban J connectivity index is 2.34. The largest absolute Gasteiger partial charge is 0.482 e. The second kappa shape index (κ2) is 5.85. The Morgan fingerprint density at radius 1 is 1.47 bits per heavy atom. The van der Waals surface area contributed by atoms with Crippen LogP contribution in [0.15, 0.2) is 16.6 Å². The molecule has 0 unspecified atom stereocenters. The summed E-state index contributed by atoms with van der Waals surface area (Å²) < 4.78 is 29.3. The van der Waals surface area contributed by atoms with E-state index in [1.165, 1.54) is 31.3 Å². The van der Waals surface area contributed by atoms with Crippen molar-refractivity contribution in [1.82, 2.24) is 0 Å². The van der Waals surface area contributed by atoms with E-state index in [0.29, 0.717) is 11.4 Å². The summed E-state index contributed by atoms with van der Waals surface area (Å²) in [4.78, 5) is 13.3. The molecule has 0 spiro atoms. The zero-order valence-corrected chi connectivity index (χ0v) is 12.1. The van der Waals surface area contributed by atoms with Gasteiger partial charge in [0.25, 0.3) is 5.91 Å². The van der Waals surface area contributed by atoms with Crippen molar-refractivity contribution in [3.05, 3.63) is 22.4 Å². The van der Waals surface area contributed by atoms with Crippen LogP contribution in [0.5, 0.6) is 5.75 Å². The summed E-state index contributed by atoms with van der Waals surface area (Å²) in [7, 11) is 2.95. The molecular formula is C12H13BrFNO4. The summed E-state index contributed by atoms with van der Waals surface area (Å²) in [5, 5.41) is 0. The van der Waals surface area contributed by atoms with Gasteiger partial charge in [-0.25, -0.2) is 4.39 Å². The van der Waals surface area contributed by atoms with Gasteiger partial charge in [-0.3, -0.25) is 4.79 Å². The molecular weight excluding hydrogens is 321 g/mol. The van der Waals surface area contributed by atoms with Gasteiger partial charge in [-0.2, -0.15) is 0 Å². The summed E-state index contributed by atoms with van der Waals surface area (Å²) in [5.74, 6) is -0.291. The van der Waals surface area contributed by atoms with Gasteiger partial charge < -0.3 is 19.1 Å². The van der Waals surface area contributed by atoms with E-state index in [-0.39, 0.29) is 23.5 Å². The van der Waals surface area contributed by atoms with Crippen LogP contribution >= 0.6 is 15.9 Å². The maximum absolute atomic E-state index is 13.6. The number of rotatable bonds is 4. The molecule has 0 aliphatic carbocycles. The molecule has 1 aromatic rings. The Bertz CT molecular complexity index is 493. The van der Waals surface area contributed by atoms with Gasteiger partial charge in [0.05, 0.1) is 16.7 Å². The molecule has 0 radical (unpaired) electrons. The average Bonchev–Trinajstić information content (AvgIpc) is 2.40. The van der Waals surface area contributed by atoms with Crippen molar-refractivity contribution in [3.8, 4) is 5.75 Å². The molecule has 1 aliphatic heterocycles. The van der Waals surface area contributed by atoms with Crippen molar-refractivity contribution in [1.29, 1.82) is 0 Å². The van der Waals surface area contributed by atoms with Crippen LogP contribution in [-0.2, 0) is 14.3 Å². The van der Waals surface area contributed by atoms with E-state index in [0.717, 1.165) is 0 Å². The molecule has 0 aromatic heterocycles. The molecule has 1 heterocycles. The van der Waals surface area contributed by atoms with Gasteiger partial charge in [-0.15, -0.1) is 0 Å². The number of hydrogen-bond acceptors (Lipinski definition) is 4. The monoisotopic (exact) mass is 333 g/mol. The molecule has 104 valence electrons. The predicted octanol–water partition coefficient (Wildman–Crippen LogP) is 1.93. The quantitative estimate of drug-likeness (QED) is 0.790. The molecule has 1 aromatic carbocycles. The van der Waals surface area contributed by atoms with Crippen LogP contribution in [0, 0.1) is 5.82 Å². The highest BCUT2D eigenvalue weighted by molar-refractivity contribution is 9.10. The number of methoxy groups -OCH3 is 2. The predicted molar refractivity (Wildman–Crippen MR) is 69.8 cm³/mol. The minimum absolute atomic E-state index is 0.0920. The minimum Gasteiger partial charge on any atom is -0.482 e. The first-order valence-electron chi connectivity index (χ1n) is 5.54. The molecule has 0 N–H and O–H groups in total. The Morgan fingerprint density at radius 2 is 2.16 bits per heavy atom. The Morgan fingerprint density at radius 3 is 2.79 bits per heavy atom. The fraction of sp³-hybridized carbons (Fsp3) is 0.417. The highest BCUT2D eigenvalue weighted by atomic mass is 79.9. The van der Waals surface area contributed by atoms with E-state index in [9.17, 15) is 9.18 Å². The molecule has 1 amide bonds. The summed E-state index contributed by atoms with van der Waals surface area (Å²) in [6, 6.07) is 2.75. The van der Waals surface area contributed by atoms with Crippen molar-refractivity contribution >= 4 is 27.5 Å². The van der Waals surface area contributed by atoms with E-state index >= 15 is 0 Å². The summed E-state index contributed by atoms with van der Waals surface area (Å²) in [6.07, 6.45) is -0.582. The Kier molecular flexibility index (Phi) is 4.38. The van der Waals surface area contributed by atoms with Gasteiger partial charge in [0.15, 0.2) is 12.9 Å². The first kappa shape index (κ1) is 14.2. The number of amides is 1. The zero-order valence-electron chi connectivity index (χ0n) is 10.5. The Labute approximate surface area is 118 Å².